The number of aliphatic hydroxyl groups is 1. The third-order valence-electron chi connectivity index (χ3n) is 7.88. The zero-order valence-electron chi connectivity index (χ0n) is 20.7. The second kappa shape index (κ2) is 9.01. The maximum atomic E-state index is 13.5. The van der Waals surface area contributed by atoms with Crippen LogP contribution in [-0.2, 0) is 15.6 Å². The number of thiophene rings is 1. The summed E-state index contributed by atoms with van der Waals surface area (Å²) in [5, 5.41) is 11.0. The van der Waals surface area contributed by atoms with E-state index in [1.54, 1.807) is 36.4 Å². The Hall–Kier alpha value is -2.50. The highest BCUT2D eigenvalue weighted by molar-refractivity contribution is 7.90. The van der Waals surface area contributed by atoms with Gasteiger partial charge in [0, 0.05) is 26.4 Å². The van der Waals surface area contributed by atoms with Gasteiger partial charge in [-0.15, -0.1) is 11.3 Å². The van der Waals surface area contributed by atoms with Crippen molar-refractivity contribution in [2.75, 3.05) is 0 Å². The molecule has 2 aliphatic carbocycles. The number of nitrogens with zero attached hydrogens (tertiary/aromatic N) is 1. The molecular formula is C28H24ClF3N2O3S2. The van der Waals surface area contributed by atoms with Gasteiger partial charge in [0.05, 0.1) is 17.0 Å². The summed E-state index contributed by atoms with van der Waals surface area (Å²) in [7, 11) is -3.63. The Kier molecular flexibility index (Phi) is 6.17. The predicted molar refractivity (Wildman–Crippen MR) is 146 cm³/mol. The minimum Gasteiger partial charge on any atom is -0.376 e. The van der Waals surface area contributed by atoms with E-state index in [1.807, 2.05) is 12.1 Å². The maximum absolute atomic E-state index is 13.5. The molecule has 0 saturated heterocycles. The van der Waals surface area contributed by atoms with Crippen molar-refractivity contribution in [1.82, 2.24) is 9.71 Å². The van der Waals surface area contributed by atoms with Crippen LogP contribution in [0.4, 0.5) is 13.2 Å². The van der Waals surface area contributed by atoms with Crippen molar-refractivity contribution in [3.63, 3.8) is 0 Å². The number of alkyl halides is 3. The van der Waals surface area contributed by atoms with Crippen molar-refractivity contribution >= 4 is 43.0 Å². The second-order valence-electron chi connectivity index (χ2n) is 10.5. The predicted octanol–water partition coefficient (Wildman–Crippen LogP) is 6.95. The SMILES string of the molecule is C[C@](O)(c1ccnc(-c2cccc3cc(C(NS(=O)(=O)C4CC45CC5)c4ccccc4Cl)sc23)c1)C(F)(F)F. The summed E-state index contributed by atoms with van der Waals surface area (Å²) in [5.74, 6) is 0. The van der Waals surface area contributed by atoms with Gasteiger partial charge < -0.3 is 5.11 Å². The Labute approximate surface area is 232 Å². The van der Waals surface area contributed by atoms with E-state index in [9.17, 15) is 26.7 Å². The topological polar surface area (TPSA) is 79.3 Å². The number of hydrogen-bond acceptors (Lipinski definition) is 5. The zero-order valence-corrected chi connectivity index (χ0v) is 23.1. The van der Waals surface area contributed by atoms with Gasteiger partial charge in [-0.05, 0) is 72.4 Å². The molecule has 0 amide bonds. The highest BCUT2D eigenvalue weighted by Crippen LogP contribution is 2.68. The van der Waals surface area contributed by atoms with E-state index in [1.165, 1.54) is 23.6 Å². The van der Waals surface area contributed by atoms with E-state index >= 15 is 0 Å². The highest BCUT2D eigenvalue weighted by atomic mass is 35.5. The molecular weight excluding hydrogens is 569 g/mol. The number of fused-ring (bicyclic) bond motifs is 1. The number of rotatable bonds is 7. The first-order chi connectivity index (χ1) is 18.3. The molecule has 2 heterocycles. The Morgan fingerprint density at radius 2 is 1.87 bits per heavy atom. The van der Waals surface area contributed by atoms with Gasteiger partial charge in [-0.1, -0.05) is 48.0 Å². The molecule has 2 aromatic carbocycles. The monoisotopic (exact) mass is 592 g/mol. The van der Waals surface area contributed by atoms with Gasteiger partial charge in [-0.2, -0.15) is 13.2 Å². The zero-order chi connectivity index (χ0) is 27.8. The van der Waals surface area contributed by atoms with Crippen LogP contribution >= 0.6 is 22.9 Å². The van der Waals surface area contributed by atoms with E-state index in [2.05, 4.69) is 9.71 Å². The van der Waals surface area contributed by atoms with Gasteiger partial charge in [-0.3, -0.25) is 4.98 Å². The average molecular weight is 593 g/mol. The lowest BCUT2D eigenvalue weighted by Crippen LogP contribution is -2.39. The van der Waals surface area contributed by atoms with Crippen LogP contribution in [0.1, 0.15) is 48.2 Å². The Balaban J connectivity index is 1.44. The number of hydrogen-bond donors (Lipinski definition) is 2. The first-order valence-electron chi connectivity index (χ1n) is 12.4. The van der Waals surface area contributed by atoms with E-state index in [0.717, 1.165) is 29.0 Å². The third-order valence-corrected chi connectivity index (χ3v) is 11.5. The highest BCUT2D eigenvalue weighted by Gasteiger charge is 2.68. The second-order valence-corrected chi connectivity index (χ2v) is 13.9. The minimum absolute atomic E-state index is 0.0709. The summed E-state index contributed by atoms with van der Waals surface area (Å²) in [5.41, 5.74) is -1.99. The molecule has 0 radical (unpaired) electrons. The number of pyridine rings is 1. The molecule has 11 heteroatoms. The molecule has 4 aromatic rings. The van der Waals surface area contributed by atoms with Crippen LogP contribution in [-0.4, -0.2) is 29.9 Å². The van der Waals surface area contributed by atoms with Crippen LogP contribution in [0.2, 0.25) is 5.02 Å². The van der Waals surface area contributed by atoms with Gasteiger partial charge in [0.1, 0.15) is 0 Å². The lowest BCUT2D eigenvalue weighted by molar-refractivity contribution is -0.258. The molecule has 39 heavy (non-hydrogen) atoms. The minimum atomic E-state index is -4.87. The number of sulfonamides is 1. The van der Waals surface area contributed by atoms with Crippen molar-refractivity contribution in [3.8, 4) is 11.3 Å². The summed E-state index contributed by atoms with van der Waals surface area (Å²) in [6.07, 6.45) is -1.11. The van der Waals surface area contributed by atoms with Crippen molar-refractivity contribution in [2.45, 2.75) is 49.3 Å². The summed E-state index contributed by atoms with van der Waals surface area (Å²) < 4.78 is 70.9. The molecule has 2 unspecified atom stereocenters. The molecule has 204 valence electrons. The van der Waals surface area contributed by atoms with Crippen molar-refractivity contribution in [1.29, 1.82) is 0 Å². The molecule has 6 rings (SSSR count). The van der Waals surface area contributed by atoms with Crippen LogP contribution in [0.3, 0.4) is 0 Å². The number of nitrogens with one attached hydrogen (secondary N) is 1. The van der Waals surface area contributed by atoms with E-state index in [0.29, 0.717) is 34.4 Å². The van der Waals surface area contributed by atoms with Crippen molar-refractivity contribution < 1.29 is 26.7 Å². The fourth-order valence-electron chi connectivity index (χ4n) is 5.14. The number of halogens is 4. The average Bonchev–Trinajstić information content (AvgIpc) is 3.78. The molecule has 2 fully saturated rings. The molecule has 1 spiro atoms. The molecule has 2 N–H and O–H groups in total. The molecule has 0 bridgehead atoms. The number of benzene rings is 2. The lowest BCUT2D eigenvalue weighted by atomic mass is 9.94. The molecule has 3 atom stereocenters. The smallest absolute Gasteiger partial charge is 0.376 e. The van der Waals surface area contributed by atoms with Gasteiger partial charge in [0.25, 0.3) is 0 Å². The van der Waals surface area contributed by atoms with Crippen molar-refractivity contribution in [3.05, 3.63) is 87.9 Å². The van der Waals surface area contributed by atoms with E-state index in [-0.39, 0.29) is 16.7 Å². The first-order valence-corrected chi connectivity index (χ1v) is 15.1. The molecule has 2 aromatic heterocycles. The standard InChI is InChI=1S/C28H24ClF3N2O3S2/c1-26(35,28(30,31)32)17-9-12-33-21(14-17)19-7-4-5-16-13-22(38-25(16)19)24(18-6-2-3-8-20(18)29)34-39(36,37)23-15-27(23)10-11-27/h2-9,12-14,23-24,34-35H,10-11,15H2,1H3/t23?,24?,26-/m0/s1. The first kappa shape index (κ1) is 26.7. The maximum Gasteiger partial charge on any atom is 0.421 e. The Bertz CT molecular complexity index is 1700. The quantitative estimate of drug-likeness (QED) is 0.243. The molecule has 5 nitrogen and oxygen atoms in total. The van der Waals surface area contributed by atoms with Crippen LogP contribution in [0.25, 0.3) is 21.3 Å². The molecule has 2 aliphatic rings. The van der Waals surface area contributed by atoms with Crippen molar-refractivity contribution in [2.24, 2.45) is 5.41 Å². The third kappa shape index (κ3) is 4.66. The van der Waals surface area contributed by atoms with Gasteiger partial charge in [-0.25, -0.2) is 13.1 Å². The number of aromatic nitrogens is 1. The van der Waals surface area contributed by atoms with Crippen LogP contribution in [0.15, 0.2) is 66.9 Å². The summed E-state index contributed by atoms with van der Waals surface area (Å²) >= 11 is 7.86. The van der Waals surface area contributed by atoms with Crippen LogP contribution in [0, 0.1) is 5.41 Å². The van der Waals surface area contributed by atoms with Crippen LogP contribution in [0.5, 0.6) is 0 Å². The molecule has 2 saturated carbocycles. The Morgan fingerprint density at radius 1 is 1.13 bits per heavy atom. The van der Waals surface area contributed by atoms with E-state index < -0.39 is 33.1 Å². The van der Waals surface area contributed by atoms with Crippen LogP contribution < -0.4 is 4.72 Å². The summed E-state index contributed by atoms with van der Waals surface area (Å²) in [6, 6.07) is 15.9. The van der Waals surface area contributed by atoms with Gasteiger partial charge in [0.15, 0.2) is 5.60 Å². The van der Waals surface area contributed by atoms with Gasteiger partial charge in [0.2, 0.25) is 10.0 Å². The fourth-order valence-corrected chi connectivity index (χ4v) is 8.90. The largest absolute Gasteiger partial charge is 0.421 e. The van der Waals surface area contributed by atoms with Gasteiger partial charge >= 0.3 is 6.18 Å². The Morgan fingerprint density at radius 3 is 2.54 bits per heavy atom. The fraction of sp³-hybridized carbons (Fsp3) is 0.321. The molecule has 0 aliphatic heterocycles. The normalized spacial score (nSPS) is 20.6. The lowest BCUT2D eigenvalue weighted by Gasteiger charge is -2.26. The van der Waals surface area contributed by atoms with E-state index in [4.69, 9.17) is 11.6 Å². The summed E-state index contributed by atoms with van der Waals surface area (Å²) in [6.45, 7) is 0.710. The summed E-state index contributed by atoms with van der Waals surface area (Å²) in [4.78, 5) is 4.98.